The summed E-state index contributed by atoms with van der Waals surface area (Å²) in [5.74, 6) is 5.52. The molecule has 4 nitrogen and oxygen atoms in total. The highest BCUT2D eigenvalue weighted by Gasteiger charge is 2.15. The van der Waals surface area contributed by atoms with Crippen LogP contribution in [0.3, 0.4) is 0 Å². The third-order valence-corrected chi connectivity index (χ3v) is 2.51. The summed E-state index contributed by atoms with van der Waals surface area (Å²) in [7, 11) is 0. The lowest BCUT2D eigenvalue weighted by Crippen LogP contribution is -2.38. The lowest BCUT2D eigenvalue weighted by atomic mass is 10.0. The van der Waals surface area contributed by atoms with Crippen molar-refractivity contribution < 1.29 is 9.47 Å². The molecule has 1 rings (SSSR count). The van der Waals surface area contributed by atoms with Crippen molar-refractivity contribution >= 4 is 0 Å². The average Bonchev–Trinajstić information content (AvgIpc) is 2.30. The summed E-state index contributed by atoms with van der Waals surface area (Å²) in [5, 5.41) is 0. The van der Waals surface area contributed by atoms with Crippen LogP contribution in [0, 0.1) is 0 Å². The van der Waals surface area contributed by atoms with Crippen molar-refractivity contribution in [2.45, 2.75) is 38.6 Å². The molecule has 0 saturated carbocycles. The van der Waals surface area contributed by atoms with Gasteiger partial charge in [-0.2, -0.15) is 0 Å². The molecule has 0 spiro atoms. The van der Waals surface area contributed by atoms with Crippen LogP contribution in [0.2, 0.25) is 0 Å². The second kappa shape index (κ2) is 7.68. The van der Waals surface area contributed by atoms with Crippen LogP contribution in [0.1, 0.15) is 32.6 Å². The van der Waals surface area contributed by atoms with Crippen molar-refractivity contribution in [3.63, 3.8) is 0 Å². The summed E-state index contributed by atoms with van der Waals surface area (Å²) in [6.07, 6.45) is 5.97. The summed E-state index contributed by atoms with van der Waals surface area (Å²) >= 11 is 0. The highest BCUT2D eigenvalue weighted by Crippen LogP contribution is 2.17. The molecule has 15 heavy (non-hydrogen) atoms. The van der Waals surface area contributed by atoms with E-state index in [4.69, 9.17) is 15.3 Å². The minimum atomic E-state index is 0.196. The number of nitrogens with one attached hydrogen (secondary N) is 1. The van der Waals surface area contributed by atoms with Gasteiger partial charge in [0.15, 0.2) is 0 Å². The largest absolute Gasteiger partial charge is 0.501 e. The van der Waals surface area contributed by atoms with Gasteiger partial charge in [-0.15, -0.1) is 0 Å². The zero-order chi connectivity index (χ0) is 10.9. The first kappa shape index (κ1) is 12.5. The quantitative estimate of drug-likeness (QED) is 0.381. The van der Waals surface area contributed by atoms with E-state index >= 15 is 0 Å². The van der Waals surface area contributed by atoms with Gasteiger partial charge in [-0.1, -0.05) is 6.92 Å². The molecule has 0 aliphatic carbocycles. The molecule has 1 atom stereocenters. The minimum Gasteiger partial charge on any atom is -0.501 e. The van der Waals surface area contributed by atoms with E-state index in [2.05, 4.69) is 12.3 Å². The maximum Gasteiger partial charge on any atom is 0.0876 e. The Morgan fingerprint density at radius 1 is 1.60 bits per heavy atom. The average molecular weight is 214 g/mol. The fourth-order valence-electron chi connectivity index (χ4n) is 1.66. The fourth-order valence-corrected chi connectivity index (χ4v) is 1.66. The second-order valence-electron chi connectivity index (χ2n) is 3.79. The van der Waals surface area contributed by atoms with Crippen LogP contribution in [0.5, 0.6) is 0 Å². The van der Waals surface area contributed by atoms with Gasteiger partial charge in [0.25, 0.3) is 0 Å². The Balaban J connectivity index is 2.25. The Morgan fingerprint density at radius 3 is 3.07 bits per heavy atom. The zero-order valence-electron chi connectivity index (χ0n) is 9.50. The van der Waals surface area contributed by atoms with Crippen molar-refractivity contribution in [1.82, 2.24) is 5.43 Å². The van der Waals surface area contributed by atoms with Crippen LogP contribution in [0.25, 0.3) is 0 Å². The van der Waals surface area contributed by atoms with Gasteiger partial charge in [-0.25, -0.2) is 0 Å². The third kappa shape index (κ3) is 4.64. The molecule has 4 heteroatoms. The first-order valence-electron chi connectivity index (χ1n) is 5.73. The molecule has 1 heterocycles. The van der Waals surface area contributed by atoms with E-state index in [9.17, 15) is 0 Å². The van der Waals surface area contributed by atoms with Gasteiger partial charge in [0.2, 0.25) is 0 Å². The van der Waals surface area contributed by atoms with Gasteiger partial charge in [-0.3, -0.25) is 11.3 Å². The van der Waals surface area contributed by atoms with Crippen molar-refractivity contribution in [2.24, 2.45) is 5.84 Å². The van der Waals surface area contributed by atoms with Crippen LogP contribution in [-0.4, -0.2) is 25.9 Å². The number of hydrogen-bond acceptors (Lipinski definition) is 4. The van der Waals surface area contributed by atoms with Crippen molar-refractivity contribution in [3.8, 4) is 0 Å². The Morgan fingerprint density at radius 2 is 2.47 bits per heavy atom. The molecule has 1 unspecified atom stereocenters. The summed E-state index contributed by atoms with van der Waals surface area (Å²) in [5.41, 5.74) is 4.07. The Labute approximate surface area is 91.8 Å². The SMILES string of the molecule is CCCOCCC(NN)C1=COCCC1. The number of nitrogens with two attached hydrogens (primary N) is 1. The van der Waals surface area contributed by atoms with Gasteiger partial charge < -0.3 is 9.47 Å². The highest BCUT2D eigenvalue weighted by atomic mass is 16.5. The van der Waals surface area contributed by atoms with Crippen LogP contribution in [0.4, 0.5) is 0 Å². The predicted molar refractivity (Wildman–Crippen MR) is 60.1 cm³/mol. The molecule has 0 saturated heterocycles. The van der Waals surface area contributed by atoms with E-state index in [1.165, 1.54) is 5.57 Å². The molecule has 0 aromatic rings. The molecular formula is C11H22N2O2. The van der Waals surface area contributed by atoms with Crippen molar-refractivity contribution in [3.05, 3.63) is 11.8 Å². The fraction of sp³-hybridized carbons (Fsp3) is 0.818. The number of hydrazine groups is 1. The molecular weight excluding hydrogens is 192 g/mol. The van der Waals surface area contributed by atoms with Crippen molar-refractivity contribution in [2.75, 3.05) is 19.8 Å². The third-order valence-electron chi connectivity index (χ3n) is 2.51. The molecule has 0 radical (unpaired) electrons. The Kier molecular flexibility index (Phi) is 6.39. The predicted octanol–water partition coefficient (Wildman–Crippen LogP) is 1.33. The number of rotatable bonds is 7. The van der Waals surface area contributed by atoms with Gasteiger partial charge in [-0.05, 0) is 31.3 Å². The standard InChI is InChI=1S/C11H22N2O2/c1-2-6-14-8-5-11(13-12)10-4-3-7-15-9-10/h9,11,13H,2-8,12H2,1H3. The molecule has 1 aliphatic rings. The van der Waals surface area contributed by atoms with E-state index < -0.39 is 0 Å². The van der Waals surface area contributed by atoms with E-state index in [1.807, 2.05) is 6.26 Å². The maximum absolute atomic E-state index is 5.52. The Bertz CT molecular complexity index is 195. The topological polar surface area (TPSA) is 56.5 Å². The minimum absolute atomic E-state index is 0.196. The maximum atomic E-state index is 5.52. The molecule has 0 aromatic heterocycles. The van der Waals surface area contributed by atoms with Crippen LogP contribution in [0.15, 0.2) is 11.8 Å². The molecule has 3 N–H and O–H groups in total. The summed E-state index contributed by atoms with van der Waals surface area (Å²) in [6.45, 7) is 4.51. The van der Waals surface area contributed by atoms with Crippen LogP contribution >= 0.6 is 0 Å². The normalized spacial score (nSPS) is 18.1. The lowest BCUT2D eigenvalue weighted by Gasteiger charge is -2.22. The van der Waals surface area contributed by atoms with Crippen LogP contribution in [-0.2, 0) is 9.47 Å². The van der Waals surface area contributed by atoms with E-state index in [0.717, 1.165) is 45.5 Å². The van der Waals surface area contributed by atoms with E-state index in [1.54, 1.807) is 0 Å². The smallest absolute Gasteiger partial charge is 0.0876 e. The first-order chi connectivity index (χ1) is 7.38. The summed E-state index contributed by atoms with van der Waals surface area (Å²) < 4.78 is 10.7. The van der Waals surface area contributed by atoms with E-state index in [-0.39, 0.29) is 6.04 Å². The molecule has 1 aliphatic heterocycles. The first-order valence-corrected chi connectivity index (χ1v) is 5.73. The summed E-state index contributed by atoms with van der Waals surface area (Å²) in [6, 6.07) is 0.196. The zero-order valence-corrected chi connectivity index (χ0v) is 9.50. The highest BCUT2D eigenvalue weighted by molar-refractivity contribution is 5.09. The molecule has 0 amide bonds. The van der Waals surface area contributed by atoms with E-state index in [0.29, 0.717) is 0 Å². The molecule has 0 aromatic carbocycles. The van der Waals surface area contributed by atoms with Crippen LogP contribution < -0.4 is 11.3 Å². The monoisotopic (exact) mass is 214 g/mol. The molecule has 0 bridgehead atoms. The lowest BCUT2D eigenvalue weighted by molar-refractivity contribution is 0.125. The van der Waals surface area contributed by atoms with Gasteiger partial charge in [0.05, 0.1) is 12.9 Å². The van der Waals surface area contributed by atoms with Gasteiger partial charge in [0, 0.05) is 19.3 Å². The van der Waals surface area contributed by atoms with Gasteiger partial charge >= 0.3 is 0 Å². The summed E-state index contributed by atoms with van der Waals surface area (Å²) in [4.78, 5) is 0. The molecule has 0 fully saturated rings. The van der Waals surface area contributed by atoms with Crippen molar-refractivity contribution in [1.29, 1.82) is 0 Å². The van der Waals surface area contributed by atoms with Gasteiger partial charge in [0.1, 0.15) is 0 Å². The Hall–Kier alpha value is -0.580. The second-order valence-corrected chi connectivity index (χ2v) is 3.79. The number of ether oxygens (including phenoxy) is 2. The number of hydrogen-bond donors (Lipinski definition) is 2. The molecule has 88 valence electrons.